The first-order chi connectivity index (χ1) is 9.90. The Hall–Kier alpha value is 1.22. The van der Waals surface area contributed by atoms with Crippen LogP contribution in [0.3, 0.4) is 0 Å². The largest absolute Gasteiger partial charge is 7.00 e. The molecular formula is H7B7O14Re2. The second-order valence-corrected chi connectivity index (χ2v) is 0.825. The van der Waals surface area contributed by atoms with Crippen molar-refractivity contribution in [3.8, 4) is 0 Å². The molecule has 0 aliphatic carbocycles. The molecular weight excluding hydrogens is 672 g/mol. The van der Waals surface area contributed by atoms with Crippen LogP contribution in [0.4, 0.5) is 0 Å². The molecule has 0 amide bonds. The van der Waals surface area contributed by atoms with Crippen molar-refractivity contribution < 1.29 is 111 Å². The van der Waals surface area contributed by atoms with Gasteiger partial charge in [0.25, 0.3) is 0 Å². The van der Waals surface area contributed by atoms with Gasteiger partial charge in [-0.2, -0.15) is 0 Å². The van der Waals surface area contributed by atoms with Crippen molar-refractivity contribution in [3.63, 3.8) is 0 Å². The van der Waals surface area contributed by atoms with Gasteiger partial charge in [0.15, 0.2) is 0 Å². The third kappa shape index (κ3) is 7030. The monoisotopic (exact) mass is 682 g/mol. The van der Waals surface area contributed by atoms with E-state index in [-0.39, 0.29) is 40.8 Å². The van der Waals surface area contributed by atoms with Crippen LogP contribution in [-0.2, 0) is 40.8 Å². The molecule has 0 aromatic rings. The van der Waals surface area contributed by atoms with E-state index in [0.717, 1.165) is 0 Å². The predicted octanol–water partition coefficient (Wildman–Crippen LogP) is -21.2. The first kappa shape index (κ1) is 56.4. The van der Waals surface area contributed by atoms with Crippen LogP contribution in [0.1, 0.15) is 0 Å². The van der Waals surface area contributed by atoms with Gasteiger partial charge in [-0.25, -0.2) is 0 Å². The molecule has 0 unspecified atom stereocenters. The first-order valence-electron chi connectivity index (χ1n) is 4.04. The second kappa shape index (κ2) is 170. The van der Waals surface area contributed by atoms with Gasteiger partial charge in [0, 0.05) is 0 Å². The second-order valence-electron chi connectivity index (χ2n) is 0.825. The Morgan fingerprint density at radius 3 is 0.217 bits per heavy atom. The summed E-state index contributed by atoms with van der Waals surface area (Å²) in [7, 11) is -8.75. The van der Waals surface area contributed by atoms with Gasteiger partial charge in [-0.3, -0.25) is 0 Å². The molecule has 23 heteroatoms. The van der Waals surface area contributed by atoms with Gasteiger partial charge < -0.3 is 70.3 Å². The summed E-state index contributed by atoms with van der Waals surface area (Å²) in [6, 6.07) is 0. The molecule has 126 valence electrons. The summed E-state index contributed by atoms with van der Waals surface area (Å²) < 4.78 is 0. The summed E-state index contributed by atoms with van der Waals surface area (Å²) in [5.41, 5.74) is 0. The Balaban J connectivity index is -0.0000000140. The van der Waals surface area contributed by atoms with Crippen molar-refractivity contribution in [3.05, 3.63) is 0 Å². The fourth-order valence-electron chi connectivity index (χ4n) is 0. The summed E-state index contributed by atoms with van der Waals surface area (Å²) in [4.78, 5) is 0. The molecule has 14 nitrogen and oxygen atoms in total. The summed E-state index contributed by atoms with van der Waals surface area (Å²) in [5, 5.41) is 117. The van der Waals surface area contributed by atoms with E-state index in [0.29, 0.717) is 0 Å². The van der Waals surface area contributed by atoms with Gasteiger partial charge in [-0.05, 0) is 0 Å². The van der Waals surface area contributed by atoms with E-state index < -0.39 is 53.8 Å². The molecule has 0 rings (SSSR count). The Labute approximate surface area is 164 Å². The van der Waals surface area contributed by atoms with E-state index in [1.807, 2.05) is 0 Å². The predicted molar refractivity (Wildman–Crippen MR) is 50.0 cm³/mol. The number of rotatable bonds is 0. The molecule has 0 fully saturated rings. The van der Waals surface area contributed by atoms with Crippen LogP contribution < -0.4 is 70.3 Å². The third-order valence-corrected chi connectivity index (χ3v) is 0. The maximum atomic E-state index is 8.38. The quantitative estimate of drug-likeness (QED) is 0.215. The molecule has 0 bridgehead atoms. The van der Waals surface area contributed by atoms with Crippen LogP contribution >= 0.6 is 0 Å². The minimum atomic E-state index is -1.25. The van der Waals surface area contributed by atoms with Crippen LogP contribution in [0.15, 0.2) is 0 Å². The van der Waals surface area contributed by atoms with Crippen molar-refractivity contribution in [1.82, 2.24) is 0 Å². The molecule has 0 aliphatic rings. The Morgan fingerprint density at radius 1 is 0.217 bits per heavy atom. The van der Waals surface area contributed by atoms with E-state index in [1.165, 1.54) is 0 Å². The van der Waals surface area contributed by atoms with Crippen molar-refractivity contribution in [2.45, 2.75) is 0 Å². The molecule has 0 radical (unpaired) electrons. The Kier molecular flexibility index (Phi) is 416. The zero-order valence-corrected chi connectivity index (χ0v) is 16.9. The smallest absolute Gasteiger partial charge is 0.896 e. The molecule has 0 aliphatic heterocycles. The molecule has 23 heavy (non-hydrogen) atoms. The van der Waals surface area contributed by atoms with Gasteiger partial charge in [-0.15, -0.1) is 53.8 Å². The van der Waals surface area contributed by atoms with Crippen LogP contribution in [0.5, 0.6) is 0 Å². The van der Waals surface area contributed by atoms with Crippen molar-refractivity contribution >= 4 is 53.8 Å². The topological polar surface area (TPSA) is 323 Å². The summed E-state index contributed by atoms with van der Waals surface area (Å²) >= 11 is 0. The molecule has 0 spiro atoms. The Morgan fingerprint density at radius 2 is 0.217 bits per heavy atom. The van der Waals surface area contributed by atoms with E-state index in [9.17, 15) is 0 Å². The maximum Gasteiger partial charge on any atom is 7.00 e. The van der Waals surface area contributed by atoms with Gasteiger partial charge in [-0.1, -0.05) is 0 Å². The fourth-order valence-corrected chi connectivity index (χ4v) is 0. The number of hydrogen-bond donors (Lipinski definition) is 0. The van der Waals surface area contributed by atoms with Gasteiger partial charge >= 0.3 is 40.8 Å². The van der Waals surface area contributed by atoms with Crippen LogP contribution in [0, 0.1) is 0 Å². The standard InChI is InChI=1S/7BHO2.2Re/c7*2-1-3;;/h7*1H;;/q7*-2;2*+7. The Bertz CT molecular complexity index is 48.7. The number of hydrogen-bond acceptors (Lipinski definition) is 14. The summed E-state index contributed by atoms with van der Waals surface area (Å²) in [5.74, 6) is 0. The van der Waals surface area contributed by atoms with Crippen LogP contribution in [-0.4, -0.2) is 53.8 Å². The molecule has 0 aromatic heterocycles. The van der Waals surface area contributed by atoms with Crippen molar-refractivity contribution in [2.75, 3.05) is 0 Å². The van der Waals surface area contributed by atoms with Crippen molar-refractivity contribution in [2.24, 2.45) is 0 Å². The van der Waals surface area contributed by atoms with Crippen LogP contribution in [0.25, 0.3) is 0 Å². The third-order valence-electron chi connectivity index (χ3n) is 0. The molecule has 0 atom stereocenters. The van der Waals surface area contributed by atoms with E-state index in [4.69, 9.17) is 70.3 Å². The average molecular weight is 679 g/mol. The summed E-state index contributed by atoms with van der Waals surface area (Å²) in [6.45, 7) is 0. The average Bonchev–Trinajstić information content (AvgIpc) is 2.35. The zero-order valence-electron chi connectivity index (χ0n) is 11.4. The maximum absolute atomic E-state index is 8.38. The van der Waals surface area contributed by atoms with Crippen molar-refractivity contribution in [1.29, 1.82) is 0 Å². The fraction of sp³-hybridized carbons (Fsp3) is 0. The molecule has 0 saturated carbocycles. The summed E-state index contributed by atoms with van der Waals surface area (Å²) in [6.07, 6.45) is 0. The normalized spacial score (nSPS) is 4.26. The van der Waals surface area contributed by atoms with Gasteiger partial charge in [0.1, 0.15) is 0 Å². The van der Waals surface area contributed by atoms with E-state index in [2.05, 4.69) is 0 Å². The van der Waals surface area contributed by atoms with E-state index >= 15 is 0 Å². The molecule has 0 saturated heterocycles. The van der Waals surface area contributed by atoms with Gasteiger partial charge in [0.2, 0.25) is 0 Å². The van der Waals surface area contributed by atoms with Crippen LogP contribution in [0.2, 0.25) is 0 Å². The molecule has 0 heterocycles. The van der Waals surface area contributed by atoms with E-state index in [1.54, 1.807) is 0 Å². The molecule has 0 aromatic carbocycles. The van der Waals surface area contributed by atoms with Gasteiger partial charge in [0.05, 0.1) is 0 Å². The first-order valence-corrected chi connectivity index (χ1v) is 4.04. The zero-order chi connectivity index (χ0) is 18.9. The minimum absolute atomic E-state index is 0. The molecule has 0 N–H and O–H groups in total. The SMILES string of the molecule is [O-]B[O-].[O-]B[O-].[O-]B[O-].[O-]B[O-].[O-]B[O-].[O-]B[O-].[O-]B[O-].[Re+7].[Re+7]. The minimum Gasteiger partial charge on any atom is -0.896 e.